The van der Waals surface area contributed by atoms with E-state index >= 15 is 0 Å². The lowest BCUT2D eigenvalue weighted by Gasteiger charge is -2.22. The molecule has 1 saturated heterocycles. The van der Waals surface area contributed by atoms with Crippen molar-refractivity contribution in [2.45, 2.75) is 38.6 Å². The molecule has 2 amide bonds. The summed E-state index contributed by atoms with van der Waals surface area (Å²) >= 11 is 0. The minimum absolute atomic E-state index is 0.0439. The molecule has 1 unspecified atom stereocenters. The van der Waals surface area contributed by atoms with E-state index in [2.05, 4.69) is 31.6 Å². The van der Waals surface area contributed by atoms with Gasteiger partial charge in [-0.15, -0.1) is 0 Å². The number of carbonyl (C=O) groups is 2. The van der Waals surface area contributed by atoms with Gasteiger partial charge in [0.2, 0.25) is 11.8 Å². The van der Waals surface area contributed by atoms with Gasteiger partial charge in [-0.3, -0.25) is 24.5 Å². The summed E-state index contributed by atoms with van der Waals surface area (Å²) in [6, 6.07) is 9.78. The van der Waals surface area contributed by atoms with Crippen LogP contribution in [0, 0.1) is 5.92 Å². The van der Waals surface area contributed by atoms with Crippen molar-refractivity contribution >= 4 is 11.8 Å². The Labute approximate surface area is 178 Å². The number of hydrogen-bond donors (Lipinski definition) is 2. The molecule has 0 aromatic carbocycles. The van der Waals surface area contributed by atoms with E-state index in [1.54, 1.807) is 12.4 Å². The maximum atomic E-state index is 12.7. The van der Waals surface area contributed by atoms with Crippen LogP contribution in [0.1, 0.15) is 36.9 Å². The average molecular weight is 410 g/mol. The summed E-state index contributed by atoms with van der Waals surface area (Å²) in [4.78, 5) is 35.6. The Morgan fingerprint density at radius 2 is 2.10 bits per heavy atom. The number of hydrogen-bond acceptors (Lipinski definition) is 5. The van der Waals surface area contributed by atoms with E-state index in [9.17, 15) is 9.59 Å². The Morgan fingerprint density at radius 1 is 1.17 bits per heavy atom. The number of amides is 2. The predicted molar refractivity (Wildman–Crippen MR) is 115 cm³/mol. The molecule has 0 bridgehead atoms. The number of carbonyl (C=O) groups excluding carboxylic acids is 2. The molecule has 160 valence electrons. The standard InChI is InChI=1S/C23H31N5O2/c29-22-10-16-28(18-19-5-3-11-24-17-19)15-4-6-20(8-13-26-22)23(30)27-14-9-21-7-1-2-12-25-21/h1-3,5,7,11-12,17,20H,4,6,8-10,13-16,18H2,(H,26,29)(H,27,30). The Bertz CT molecular complexity index is 785. The van der Waals surface area contributed by atoms with Gasteiger partial charge in [0, 0.05) is 69.2 Å². The first kappa shape index (κ1) is 21.9. The molecule has 1 atom stereocenters. The Kier molecular flexibility index (Phi) is 8.78. The van der Waals surface area contributed by atoms with E-state index in [1.807, 2.05) is 30.5 Å². The molecule has 3 rings (SSSR count). The van der Waals surface area contributed by atoms with Gasteiger partial charge in [0.15, 0.2) is 0 Å². The highest BCUT2D eigenvalue weighted by Crippen LogP contribution is 2.14. The normalized spacial score (nSPS) is 18.8. The third-order valence-corrected chi connectivity index (χ3v) is 5.40. The summed E-state index contributed by atoms with van der Waals surface area (Å²) in [5.74, 6) is 0.0213. The van der Waals surface area contributed by atoms with Crippen molar-refractivity contribution < 1.29 is 9.59 Å². The molecule has 1 aliphatic heterocycles. The van der Waals surface area contributed by atoms with Crippen molar-refractivity contribution in [2.75, 3.05) is 26.2 Å². The Hall–Kier alpha value is -2.80. The quantitative estimate of drug-likeness (QED) is 0.761. The molecule has 2 aromatic rings. The highest BCUT2D eigenvalue weighted by molar-refractivity contribution is 5.79. The number of nitrogens with one attached hydrogen (secondary N) is 2. The van der Waals surface area contributed by atoms with Gasteiger partial charge in [-0.25, -0.2) is 0 Å². The molecule has 0 radical (unpaired) electrons. The number of nitrogens with zero attached hydrogens (tertiary/aromatic N) is 3. The smallest absolute Gasteiger partial charge is 0.223 e. The van der Waals surface area contributed by atoms with Crippen LogP contribution in [0.25, 0.3) is 0 Å². The van der Waals surface area contributed by atoms with Crippen LogP contribution in [0.2, 0.25) is 0 Å². The first-order valence-corrected chi connectivity index (χ1v) is 10.8. The second-order valence-electron chi connectivity index (χ2n) is 7.73. The fraction of sp³-hybridized carbons (Fsp3) is 0.478. The zero-order chi connectivity index (χ0) is 21.0. The predicted octanol–water partition coefficient (Wildman–Crippen LogP) is 1.94. The van der Waals surface area contributed by atoms with Gasteiger partial charge in [-0.1, -0.05) is 12.1 Å². The van der Waals surface area contributed by atoms with Gasteiger partial charge in [0.05, 0.1) is 0 Å². The van der Waals surface area contributed by atoms with Gasteiger partial charge < -0.3 is 10.6 Å². The van der Waals surface area contributed by atoms with Gasteiger partial charge >= 0.3 is 0 Å². The number of rotatable bonds is 6. The molecule has 0 aliphatic carbocycles. The maximum absolute atomic E-state index is 12.7. The van der Waals surface area contributed by atoms with Gasteiger partial charge in [0.1, 0.15) is 0 Å². The van der Waals surface area contributed by atoms with Gasteiger partial charge in [-0.05, 0) is 49.6 Å². The third kappa shape index (κ3) is 7.55. The highest BCUT2D eigenvalue weighted by Gasteiger charge is 2.20. The fourth-order valence-corrected chi connectivity index (χ4v) is 3.73. The van der Waals surface area contributed by atoms with Crippen LogP contribution in [-0.2, 0) is 22.6 Å². The molecule has 7 nitrogen and oxygen atoms in total. The monoisotopic (exact) mass is 409 g/mol. The molecule has 0 saturated carbocycles. The summed E-state index contributed by atoms with van der Waals surface area (Å²) in [5, 5.41) is 6.01. The zero-order valence-electron chi connectivity index (χ0n) is 17.4. The maximum Gasteiger partial charge on any atom is 0.223 e. The number of aromatic nitrogens is 2. The molecular weight excluding hydrogens is 378 g/mol. The van der Waals surface area contributed by atoms with E-state index in [0.29, 0.717) is 32.5 Å². The highest BCUT2D eigenvalue weighted by atomic mass is 16.2. The summed E-state index contributed by atoms with van der Waals surface area (Å²) in [5.41, 5.74) is 2.11. The van der Waals surface area contributed by atoms with E-state index in [1.165, 1.54) is 0 Å². The minimum atomic E-state index is -0.0904. The molecule has 0 spiro atoms. The van der Waals surface area contributed by atoms with Crippen LogP contribution in [0.5, 0.6) is 0 Å². The third-order valence-electron chi connectivity index (χ3n) is 5.40. The van der Waals surface area contributed by atoms with Gasteiger partial charge in [-0.2, -0.15) is 0 Å². The summed E-state index contributed by atoms with van der Waals surface area (Å²) in [7, 11) is 0. The van der Waals surface area contributed by atoms with E-state index in [0.717, 1.165) is 43.6 Å². The van der Waals surface area contributed by atoms with E-state index in [4.69, 9.17) is 0 Å². The van der Waals surface area contributed by atoms with Crippen molar-refractivity contribution in [3.8, 4) is 0 Å². The SMILES string of the molecule is O=C1CCN(Cc2cccnc2)CCCC(C(=O)NCCc2ccccn2)CCN1. The lowest BCUT2D eigenvalue weighted by Crippen LogP contribution is -2.35. The average Bonchev–Trinajstić information content (AvgIpc) is 2.81. The molecule has 2 N–H and O–H groups in total. The van der Waals surface area contributed by atoms with Crippen molar-refractivity contribution in [1.29, 1.82) is 0 Å². The van der Waals surface area contributed by atoms with Crippen LogP contribution in [0.3, 0.4) is 0 Å². The fourth-order valence-electron chi connectivity index (χ4n) is 3.73. The van der Waals surface area contributed by atoms with Crippen LogP contribution in [0.4, 0.5) is 0 Å². The Morgan fingerprint density at radius 3 is 2.90 bits per heavy atom. The zero-order valence-corrected chi connectivity index (χ0v) is 17.4. The Balaban J connectivity index is 1.51. The lowest BCUT2D eigenvalue weighted by atomic mass is 9.98. The number of pyridine rings is 2. The molecular formula is C23H31N5O2. The first-order valence-electron chi connectivity index (χ1n) is 10.8. The molecule has 7 heteroatoms. The van der Waals surface area contributed by atoms with Crippen LogP contribution >= 0.6 is 0 Å². The molecule has 3 heterocycles. The summed E-state index contributed by atoms with van der Waals surface area (Å²) in [6.45, 7) is 3.45. The second kappa shape index (κ2) is 12.0. The van der Waals surface area contributed by atoms with Crippen LogP contribution in [-0.4, -0.2) is 52.9 Å². The largest absolute Gasteiger partial charge is 0.356 e. The van der Waals surface area contributed by atoms with E-state index in [-0.39, 0.29) is 17.7 Å². The van der Waals surface area contributed by atoms with Crippen molar-refractivity contribution in [3.63, 3.8) is 0 Å². The van der Waals surface area contributed by atoms with Crippen LogP contribution in [0.15, 0.2) is 48.9 Å². The minimum Gasteiger partial charge on any atom is -0.356 e. The second-order valence-corrected chi connectivity index (χ2v) is 7.73. The topological polar surface area (TPSA) is 87.2 Å². The van der Waals surface area contributed by atoms with Crippen LogP contribution < -0.4 is 10.6 Å². The van der Waals surface area contributed by atoms with Crippen molar-refractivity contribution in [1.82, 2.24) is 25.5 Å². The van der Waals surface area contributed by atoms with Gasteiger partial charge in [0.25, 0.3) is 0 Å². The molecule has 1 fully saturated rings. The first-order chi connectivity index (χ1) is 14.7. The van der Waals surface area contributed by atoms with E-state index < -0.39 is 0 Å². The molecule has 30 heavy (non-hydrogen) atoms. The summed E-state index contributed by atoms with van der Waals surface area (Å²) < 4.78 is 0. The lowest BCUT2D eigenvalue weighted by molar-refractivity contribution is -0.126. The van der Waals surface area contributed by atoms with Crippen molar-refractivity contribution in [3.05, 3.63) is 60.2 Å². The molecule has 1 aliphatic rings. The van der Waals surface area contributed by atoms with Crippen molar-refractivity contribution in [2.24, 2.45) is 5.92 Å². The molecule has 2 aromatic heterocycles. The summed E-state index contributed by atoms with van der Waals surface area (Å²) in [6.07, 6.45) is 8.99.